The van der Waals surface area contributed by atoms with Crippen molar-refractivity contribution < 1.29 is 14.8 Å². The number of benzene rings is 1. The van der Waals surface area contributed by atoms with Gasteiger partial charge < -0.3 is 4.90 Å². The Morgan fingerprint density at radius 1 is 1.13 bits per heavy atom. The number of carbonyl (C=O) groups excluding carboxylic acids is 2. The molecule has 1 saturated carbocycles. The largest absolute Gasteiger partial charge is 0.334 e. The summed E-state index contributed by atoms with van der Waals surface area (Å²) < 4.78 is 0. The first-order valence-electron chi connectivity index (χ1n) is 8.20. The lowest BCUT2D eigenvalue weighted by molar-refractivity contribution is -0.137. The minimum Gasteiger partial charge on any atom is -0.334 e. The molecule has 5 heteroatoms. The van der Waals surface area contributed by atoms with Gasteiger partial charge in [0.25, 0.3) is 5.91 Å². The number of hydrogen-bond donors (Lipinski definition) is 2. The molecule has 5 nitrogen and oxygen atoms in total. The maximum absolute atomic E-state index is 12.6. The lowest BCUT2D eigenvalue weighted by Gasteiger charge is -2.25. The Hall–Kier alpha value is -2.14. The third-order valence-corrected chi connectivity index (χ3v) is 4.76. The SMILES string of the molecule is O=C(/C=C/c1ccc2c(c1)CN(C(=O)C1CCCCC1)C2)NO. The summed E-state index contributed by atoms with van der Waals surface area (Å²) in [5, 5.41) is 8.49. The highest BCUT2D eigenvalue weighted by Gasteiger charge is 2.29. The highest BCUT2D eigenvalue weighted by atomic mass is 16.5. The van der Waals surface area contributed by atoms with Crippen LogP contribution in [0.4, 0.5) is 0 Å². The van der Waals surface area contributed by atoms with Crippen molar-refractivity contribution in [2.45, 2.75) is 45.2 Å². The summed E-state index contributed by atoms with van der Waals surface area (Å²) in [6.07, 6.45) is 8.56. The Balaban J connectivity index is 1.67. The van der Waals surface area contributed by atoms with Gasteiger partial charge in [0, 0.05) is 25.1 Å². The summed E-state index contributed by atoms with van der Waals surface area (Å²) in [6.45, 7) is 1.34. The highest BCUT2D eigenvalue weighted by Crippen LogP contribution is 2.30. The van der Waals surface area contributed by atoms with E-state index in [1.807, 2.05) is 23.1 Å². The number of nitrogens with one attached hydrogen (secondary N) is 1. The fourth-order valence-corrected chi connectivity index (χ4v) is 3.49. The van der Waals surface area contributed by atoms with E-state index in [0.717, 1.165) is 24.0 Å². The van der Waals surface area contributed by atoms with E-state index in [4.69, 9.17) is 5.21 Å². The van der Waals surface area contributed by atoms with Gasteiger partial charge in [-0.05, 0) is 41.7 Å². The average molecular weight is 314 g/mol. The molecule has 1 aromatic carbocycles. The molecule has 0 aromatic heterocycles. The van der Waals surface area contributed by atoms with Crippen molar-refractivity contribution in [2.24, 2.45) is 5.92 Å². The van der Waals surface area contributed by atoms with Crippen LogP contribution in [0.25, 0.3) is 6.08 Å². The minimum atomic E-state index is -0.556. The fraction of sp³-hybridized carbons (Fsp3) is 0.444. The molecule has 122 valence electrons. The number of nitrogens with zero attached hydrogens (tertiary/aromatic N) is 1. The molecule has 23 heavy (non-hydrogen) atoms. The molecule has 0 bridgehead atoms. The summed E-state index contributed by atoms with van der Waals surface area (Å²) in [5.41, 5.74) is 4.77. The third-order valence-electron chi connectivity index (χ3n) is 4.76. The summed E-state index contributed by atoms with van der Waals surface area (Å²) in [5.74, 6) is -0.0667. The van der Waals surface area contributed by atoms with Crippen LogP contribution in [-0.4, -0.2) is 21.9 Å². The molecule has 2 N–H and O–H groups in total. The molecular weight excluding hydrogens is 292 g/mol. The van der Waals surface area contributed by atoms with Gasteiger partial charge in [0.15, 0.2) is 0 Å². The van der Waals surface area contributed by atoms with Crippen LogP contribution < -0.4 is 5.48 Å². The molecule has 1 heterocycles. The van der Waals surface area contributed by atoms with Crippen molar-refractivity contribution in [2.75, 3.05) is 0 Å². The van der Waals surface area contributed by atoms with Crippen molar-refractivity contribution in [1.82, 2.24) is 10.4 Å². The van der Waals surface area contributed by atoms with E-state index in [2.05, 4.69) is 0 Å². The predicted octanol–water partition coefficient (Wildman–Crippen LogP) is 2.63. The van der Waals surface area contributed by atoms with Gasteiger partial charge in [0.1, 0.15) is 0 Å². The van der Waals surface area contributed by atoms with Crippen LogP contribution in [0, 0.1) is 5.92 Å². The first-order chi connectivity index (χ1) is 11.2. The molecule has 1 aromatic rings. The van der Waals surface area contributed by atoms with Gasteiger partial charge in [-0.3, -0.25) is 14.8 Å². The molecule has 0 unspecified atom stereocenters. The standard InChI is InChI=1S/C18H22N2O3/c21-17(19-23)9-7-13-6-8-15-11-20(12-16(15)10-13)18(22)14-4-2-1-3-5-14/h6-10,14,23H,1-5,11-12H2,(H,19,21)/b9-7+. The maximum atomic E-state index is 12.6. The van der Waals surface area contributed by atoms with Crippen LogP contribution in [-0.2, 0) is 22.7 Å². The highest BCUT2D eigenvalue weighted by molar-refractivity contribution is 5.90. The quantitative estimate of drug-likeness (QED) is 0.512. The van der Waals surface area contributed by atoms with Crippen LogP contribution >= 0.6 is 0 Å². The van der Waals surface area contributed by atoms with E-state index < -0.39 is 5.91 Å². The van der Waals surface area contributed by atoms with Gasteiger partial charge in [-0.15, -0.1) is 0 Å². The molecule has 0 radical (unpaired) electrons. The number of hydroxylamine groups is 1. The average Bonchev–Trinajstić information content (AvgIpc) is 3.03. The number of hydrogen-bond acceptors (Lipinski definition) is 3. The van der Waals surface area contributed by atoms with Gasteiger partial charge in [-0.2, -0.15) is 0 Å². The molecule has 2 amide bonds. The van der Waals surface area contributed by atoms with Gasteiger partial charge in [-0.1, -0.05) is 31.4 Å². The van der Waals surface area contributed by atoms with Crippen molar-refractivity contribution in [3.05, 3.63) is 41.0 Å². The van der Waals surface area contributed by atoms with Gasteiger partial charge in [0.05, 0.1) is 0 Å². The molecule has 1 fully saturated rings. The zero-order valence-electron chi connectivity index (χ0n) is 13.1. The van der Waals surface area contributed by atoms with E-state index >= 15 is 0 Å². The second kappa shape index (κ2) is 6.96. The summed E-state index contributed by atoms with van der Waals surface area (Å²) in [7, 11) is 0. The second-order valence-corrected chi connectivity index (χ2v) is 6.37. The topological polar surface area (TPSA) is 69.6 Å². The predicted molar refractivity (Wildman–Crippen MR) is 86.2 cm³/mol. The Morgan fingerprint density at radius 2 is 1.87 bits per heavy atom. The monoisotopic (exact) mass is 314 g/mol. The summed E-state index contributed by atoms with van der Waals surface area (Å²) >= 11 is 0. The van der Waals surface area contributed by atoms with Crippen LogP contribution in [0.15, 0.2) is 24.3 Å². The Labute approximate surface area is 135 Å². The van der Waals surface area contributed by atoms with Crippen molar-refractivity contribution in [1.29, 1.82) is 0 Å². The fourth-order valence-electron chi connectivity index (χ4n) is 3.49. The number of fused-ring (bicyclic) bond motifs is 1. The van der Waals surface area contributed by atoms with E-state index in [1.165, 1.54) is 30.9 Å². The van der Waals surface area contributed by atoms with Crippen molar-refractivity contribution in [3.63, 3.8) is 0 Å². The number of carbonyl (C=O) groups is 2. The second-order valence-electron chi connectivity index (χ2n) is 6.37. The lowest BCUT2D eigenvalue weighted by atomic mass is 9.88. The minimum absolute atomic E-state index is 0.200. The lowest BCUT2D eigenvalue weighted by Crippen LogP contribution is -2.33. The van der Waals surface area contributed by atoms with Crippen LogP contribution in [0.2, 0.25) is 0 Å². The smallest absolute Gasteiger partial charge is 0.267 e. The van der Waals surface area contributed by atoms with Gasteiger partial charge in [0.2, 0.25) is 5.91 Å². The molecule has 0 spiro atoms. The number of rotatable bonds is 3. The normalized spacial score (nSPS) is 18.2. The van der Waals surface area contributed by atoms with Crippen molar-refractivity contribution in [3.8, 4) is 0 Å². The van der Waals surface area contributed by atoms with E-state index in [1.54, 1.807) is 11.6 Å². The molecule has 1 aliphatic carbocycles. The summed E-state index contributed by atoms with van der Waals surface area (Å²) in [6, 6.07) is 5.94. The van der Waals surface area contributed by atoms with Crippen molar-refractivity contribution >= 4 is 17.9 Å². The molecule has 3 rings (SSSR count). The van der Waals surface area contributed by atoms with Gasteiger partial charge in [-0.25, -0.2) is 5.48 Å². The van der Waals surface area contributed by atoms with Crippen LogP contribution in [0.5, 0.6) is 0 Å². The van der Waals surface area contributed by atoms with E-state index in [-0.39, 0.29) is 11.8 Å². The Kier molecular flexibility index (Phi) is 4.76. The number of amides is 2. The van der Waals surface area contributed by atoms with Crippen LogP contribution in [0.3, 0.4) is 0 Å². The zero-order valence-corrected chi connectivity index (χ0v) is 13.1. The first-order valence-corrected chi connectivity index (χ1v) is 8.20. The van der Waals surface area contributed by atoms with E-state index in [9.17, 15) is 9.59 Å². The zero-order chi connectivity index (χ0) is 16.2. The maximum Gasteiger partial charge on any atom is 0.267 e. The molecular formula is C18H22N2O3. The molecule has 1 aliphatic heterocycles. The Morgan fingerprint density at radius 3 is 2.61 bits per heavy atom. The molecule has 0 atom stereocenters. The summed E-state index contributed by atoms with van der Waals surface area (Å²) in [4.78, 5) is 25.6. The molecule has 0 saturated heterocycles. The first kappa shape index (κ1) is 15.7. The molecule has 2 aliphatic rings. The third kappa shape index (κ3) is 3.62. The van der Waals surface area contributed by atoms with Gasteiger partial charge >= 0.3 is 0 Å². The van der Waals surface area contributed by atoms with Crippen LogP contribution in [0.1, 0.15) is 48.8 Å². The van der Waals surface area contributed by atoms with E-state index in [0.29, 0.717) is 13.1 Å². The Bertz CT molecular complexity index is 633.